The molecule has 1 atom stereocenters. The van der Waals surface area contributed by atoms with Crippen LogP contribution < -0.4 is 5.32 Å². The van der Waals surface area contributed by atoms with E-state index in [1.165, 1.54) is 12.1 Å². The molecule has 2 aromatic carbocycles. The van der Waals surface area contributed by atoms with Gasteiger partial charge in [-0.1, -0.05) is 30.3 Å². The largest absolute Gasteiger partial charge is 0.458 e. The fourth-order valence-electron chi connectivity index (χ4n) is 2.65. The smallest absolute Gasteiger partial charge is 0.417 e. The van der Waals surface area contributed by atoms with Gasteiger partial charge in [0.2, 0.25) is 0 Å². The summed E-state index contributed by atoms with van der Waals surface area (Å²) in [6.45, 7) is 0.00321. The number of nitrogens with one attached hydrogen (secondary N) is 1. The molecule has 3 rings (SSSR count). The molecule has 1 aromatic heterocycles. The van der Waals surface area contributed by atoms with E-state index in [-0.39, 0.29) is 13.0 Å². The van der Waals surface area contributed by atoms with Gasteiger partial charge in [0, 0.05) is 11.9 Å². The van der Waals surface area contributed by atoms with E-state index in [2.05, 4.69) is 5.32 Å². The molecule has 0 bridgehead atoms. The minimum Gasteiger partial charge on any atom is -0.458 e. The maximum absolute atomic E-state index is 12.9. The zero-order chi connectivity index (χ0) is 18.7. The van der Waals surface area contributed by atoms with Crippen LogP contribution in [-0.2, 0) is 6.18 Å². The zero-order valence-corrected chi connectivity index (χ0v) is 13.6. The molecule has 4 nitrogen and oxygen atoms in total. The maximum atomic E-state index is 12.9. The number of fused-ring (bicyclic) bond motifs is 1. The predicted octanol–water partition coefficient (Wildman–Crippen LogP) is 4.31. The van der Waals surface area contributed by atoms with Gasteiger partial charge < -0.3 is 14.8 Å². The molecule has 1 heterocycles. The summed E-state index contributed by atoms with van der Waals surface area (Å²) in [5, 5.41) is 13.4. The summed E-state index contributed by atoms with van der Waals surface area (Å²) in [4.78, 5) is 12.1. The molecule has 0 spiro atoms. The third kappa shape index (κ3) is 3.88. The first kappa shape index (κ1) is 18.0. The number of rotatable bonds is 5. The van der Waals surface area contributed by atoms with Gasteiger partial charge in [-0.15, -0.1) is 0 Å². The molecule has 0 saturated carbocycles. The van der Waals surface area contributed by atoms with Gasteiger partial charge in [0.05, 0.1) is 11.1 Å². The molecule has 0 saturated heterocycles. The lowest BCUT2D eigenvalue weighted by Crippen LogP contribution is -2.28. The van der Waals surface area contributed by atoms with Crippen molar-refractivity contribution in [2.45, 2.75) is 18.7 Å². The molecule has 0 fully saturated rings. The molecule has 1 amide bonds. The van der Waals surface area contributed by atoms with Crippen LogP contribution in [0.2, 0.25) is 0 Å². The number of alkyl halides is 3. The monoisotopic (exact) mass is 363 g/mol. The van der Waals surface area contributed by atoms with Gasteiger partial charge in [0.1, 0.15) is 17.4 Å². The van der Waals surface area contributed by atoms with Gasteiger partial charge in [-0.05, 0) is 30.7 Å². The number of hydrogen-bond acceptors (Lipinski definition) is 3. The highest BCUT2D eigenvalue weighted by Crippen LogP contribution is 2.31. The number of aliphatic hydroxyl groups is 1. The normalized spacial score (nSPS) is 12.9. The van der Waals surface area contributed by atoms with E-state index in [1.54, 1.807) is 18.2 Å². The number of furan rings is 1. The average Bonchev–Trinajstić information content (AvgIpc) is 3.05. The van der Waals surface area contributed by atoms with E-state index in [0.717, 1.165) is 17.5 Å². The van der Waals surface area contributed by atoms with Crippen LogP contribution >= 0.6 is 0 Å². The first-order valence-corrected chi connectivity index (χ1v) is 7.97. The molecule has 1 unspecified atom stereocenters. The van der Waals surface area contributed by atoms with Crippen LogP contribution in [0.5, 0.6) is 0 Å². The fraction of sp³-hybridized carbons (Fsp3) is 0.211. The first-order valence-electron chi connectivity index (χ1n) is 7.97. The third-order valence-corrected chi connectivity index (χ3v) is 3.95. The Morgan fingerprint density at radius 1 is 1.12 bits per heavy atom. The summed E-state index contributed by atoms with van der Waals surface area (Å²) < 4.78 is 44.4. The van der Waals surface area contributed by atoms with Crippen molar-refractivity contribution in [1.82, 2.24) is 5.32 Å². The Balaban J connectivity index is 1.62. The van der Waals surface area contributed by atoms with E-state index in [0.29, 0.717) is 11.3 Å². The van der Waals surface area contributed by atoms with Crippen molar-refractivity contribution in [2.75, 3.05) is 6.54 Å². The highest BCUT2D eigenvalue weighted by atomic mass is 19.4. The Labute approximate surface area is 147 Å². The minimum absolute atomic E-state index is 0.00321. The van der Waals surface area contributed by atoms with Crippen molar-refractivity contribution in [2.24, 2.45) is 0 Å². The lowest BCUT2D eigenvalue weighted by atomic mass is 10.1. The Hall–Kier alpha value is -2.80. The average molecular weight is 363 g/mol. The Morgan fingerprint density at radius 2 is 1.81 bits per heavy atom. The van der Waals surface area contributed by atoms with Crippen molar-refractivity contribution in [3.63, 3.8) is 0 Å². The SMILES string of the molecule is O=C(NCCC(O)c1cc2ccccc2o1)c1ccccc1C(F)(F)F. The summed E-state index contributed by atoms with van der Waals surface area (Å²) in [6, 6.07) is 13.5. The number of halogens is 3. The fourth-order valence-corrected chi connectivity index (χ4v) is 2.65. The quantitative estimate of drug-likeness (QED) is 0.710. The van der Waals surface area contributed by atoms with Crippen LogP contribution in [0.4, 0.5) is 13.2 Å². The molecule has 26 heavy (non-hydrogen) atoms. The highest BCUT2D eigenvalue weighted by Gasteiger charge is 2.34. The standard InChI is InChI=1S/C19H16F3NO3/c20-19(21,22)14-7-3-2-6-13(14)18(25)23-10-9-15(24)17-11-12-5-1-4-8-16(12)26-17/h1-8,11,15,24H,9-10H2,(H,23,25). The second-order valence-electron chi connectivity index (χ2n) is 5.79. The van der Waals surface area contributed by atoms with E-state index in [4.69, 9.17) is 4.42 Å². The van der Waals surface area contributed by atoms with E-state index >= 15 is 0 Å². The number of aliphatic hydroxyl groups excluding tert-OH is 1. The maximum Gasteiger partial charge on any atom is 0.417 e. The summed E-state index contributed by atoms with van der Waals surface area (Å²) in [5.74, 6) is -0.495. The Kier molecular flexibility index (Phi) is 4.99. The van der Waals surface area contributed by atoms with Gasteiger partial charge in [0.15, 0.2) is 0 Å². The van der Waals surface area contributed by atoms with E-state index in [1.807, 2.05) is 12.1 Å². The van der Waals surface area contributed by atoms with Crippen molar-refractivity contribution in [3.8, 4) is 0 Å². The second-order valence-corrected chi connectivity index (χ2v) is 5.79. The molecule has 0 aliphatic carbocycles. The molecule has 0 aliphatic heterocycles. The van der Waals surface area contributed by atoms with Crippen LogP contribution in [0.1, 0.15) is 34.2 Å². The number of para-hydroxylation sites is 1. The lowest BCUT2D eigenvalue weighted by molar-refractivity contribution is -0.137. The summed E-state index contributed by atoms with van der Waals surface area (Å²) in [5.41, 5.74) is -0.807. The number of amides is 1. The van der Waals surface area contributed by atoms with Crippen LogP contribution in [0.15, 0.2) is 59.0 Å². The number of carbonyl (C=O) groups excluding carboxylic acids is 1. The van der Waals surface area contributed by atoms with Crippen molar-refractivity contribution in [1.29, 1.82) is 0 Å². The van der Waals surface area contributed by atoms with Gasteiger partial charge in [-0.2, -0.15) is 13.2 Å². The molecule has 7 heteroatoms. The van der Waals surface area contributed by atoms with Crippen molar-refractivity contribution >= 4 is 16.9 Å². The summed E-state index contributed by atoms with van der Waals surface area (Å²) in [7, 11) is 0. The van der Waals surface area contributed by atoms with Crippen LogP contribution in [0.25, 0.3) is 11.0 Å². The molecule has 3 aromatic rings. The van der Waals surface area contributed by atoms with E-state index < -0.39 is 29.3 Å². The molecule has 136 valence electrons. The van der Waals surface area contributed by atoms with E-state index in [9.17, 15) is 23.1 Å². The molecular formula is C19H16F3NO3. The number of carbonyl (C=O) groups is 1. The Morgan fingerprint density at radius 3 is 2.54 bits per heavy atom. The first-order chi connectivity index (χ1) is 12.4. The summed E-state index contributed by atoms with van der Waals surface area (Å²) >= 11 is 0. The molecule has 0 radical (unpaired) electrons. The number of benzene rings is 2. The van der Waals surface area contributed by atoms with Crippen LogP contribution in [-0.4, -0.2) is 17.6 Å². The number of hydrogen-bond donors (Lipinski definition) is 2. The summed E-state index contributed by atoms with van der Waals surface area (Å²) in [6.07, 6.45) is -5.47. The van der Waals surface area contributed by atoms with Crippen LogP contribution in [0.3, 0.4) is 0 Å². The van der Waals surface area contributed by atoms with Crippen molar-refractivity contribution in [3.05, 3.63) is 71.5 Å². The van der Waals surface area contributed by atoms with Crippen LogP contribution in [0, 0.1) is 0 Å². The molecule has 0 aliphatic rings. The zero-order valence-electron chi connectivity index (χ0n) is 13.6. The highest BCUT2D eigenvalue weighted by molar-refractivity contribution is 5.95. The molecule has 2 N–H and O–H groups in total. The van der Waals surface area contributed by atoms with Gasteiger partial charge in [-0.3, -0.25) is 4.79 Å². The van der Waals surface area contributed by atoms with Gasteiger partial charge in [0.25, 0.3) is 5.91 Å². The molecular weight excluding hydrogens is 347 g/mol. The van der Waals surface area contributed by atoms with Gasteiger partial charge in [-0.25, -0.2) is 0 Å². The topological polar surface area (TPSA) is 62.5 Å². The minimum atomic E-state index is -4.61. The van der Waals surface area contributed by atoms with Gasteiger partial charge >= 0.3 is 6.18 Å². The predicted molar refractivity (Wildman–Crippen MR) is 89.6 cm³/mol. The third-order valence-electron chi connectivity index (χ3n) is 3.95. The lowest BCUT2D eigenvalue weighted by Gasteiger charge is -2.13. The van der Waals surface area contributed by atoms with Crippen molar-refractivity contribution < 1.29 is 27.5 Å². The second kappa shape index (κ2) is 7.21. The Bertz CT molecular complexity index is 885.